The predicted octanol–water partition coefficient (Wildman–Crippen LogP) is 4.77. The third-order valence-corrected chi connectivity index (χ3v) is 5.46. The molecule has 0 aliphatic heterocycles. The van der Waals surface area contributed by atoms with Gasteiger partial charge < -0.3 is 10.1 Å². The summed E-state index contributed by atoms with van der Waals surface area (Å²) in [6.45, 7) is 2.31. The number of carbonyl (C=O) groups excluding carboxylic acids is 2. The summed E-state index contributed by atoms with van der Waals surface area (Å²) in [6, 6.07) is 16.6. The maximum Gasteiger partial charge on any atom is 0.220 e. The first-order valence-corrected chi connectivity index (χ1v) is 10.6. The smallest absolute Gasteiger partial charge is 0.220 e. The van der Waals surface area contributed by atoms with Crippen molar-refractivity contribution in [3.63, 3.8) is 0 Å². The number of ketones is 1. The molecule has 0 saturated carbocycles. The lowest BCUT2D eigenvalue weighted by molar-refractivity contribution is -0.121. The lowest BCUT2D eigenvalue weighted by Gasteiger charge is -2.21. The standard InChI is InChI=1S/C26H29NO2/c1-20(28)9-3-2-8-18-27-26(29)17-16-24-19-23-12-5-4-10-21(23)14-15-22-11-6-7-13-25(22)24/h4-7,10-13,24H,2-3,8-9,16-19H2,1H3,(H,27,29). The molecule has 0 bridgehead atoms. The van der Waals surface area contributed by atoms with E-state index >= 15 is 0 Å². The number of amides is 1. The summed E-state index contributed by atoms with van der Waals surface area (Å²) in [4.78, 5) is 23.3. The van der Waals surface area contributed by atoms with Crippen LogP contribution in [0.1, 0.15) is 73.6 Å². The molecule has 0 fully saturated rings. The van der Waals surface area contributed by atoms with E-state index in [1.807, 2.05) is 12.1 Å². The van der Waals surface area contributed by atoms with Crippen molar-refractivity contribution in [2.75, 3.05) is 6.54 Å². The van der Waals surface area contributed by atoms with Crippen LogP contribution in [0.4, 0.5) is 0 Å². The highest BCUT2D eigenvalue weighted by atomic mass is 16.1. The van der Waals surface area contributed by atoms with Crippen LogP contribution < -0.4 is 5.32 Å². The van der Waals surface area contributed by atoms with Crippen LogP contribution in [0.25, 0.3) is 0 Å². The highest BCUT2D eigenvalue weighted by Gasteiger charge is 2.19. The Morgan fingerprint density at radius 2 is 1.66 bits per heavy atom. The Bertz CT molecular complexity index is 920. The highest BCUT2D eigenvalue weighted by molar-refractivity contribution is 5.76. The Hall–Kier alpha value is -2.86. The molecule has 0 heterocycles. The van der Waals surface area contributed by atoms with Crippen molar-refractivity contribution in [2.45, 2.75) is 57.8 Å². The lowest BCUT2D eigenvalue weighted by atomic mass is 9.83. The third-order valence-electron chi connectivity index (χ3n) is 5.46. The number of benzene rings is 2. The zero-order valence-electron chi connectivity index (χ0n) is 17.2. The molecule has 3 heteroatoms. The minimum atomic E-state index is 0.107. The molecule has 0 spiro atoms. The van der Waals surface area contributed by atoms with Gasteiger partial charge in [0.2, 0.25) is 5.91 Å². The molecule has 1 amide bonds. The Morgan fingerprint density at radius 3 is 2.48 bits per heavy atom. The molecule has 1 N–H and O–H groups in total. The van der Waals surface area contributed by atoms with Crippen molar-refractivity contribution in [2.24, 2.45) is 0 Å². The van der Waals surface area contributed by atoms with Gasteiger partial charge in [0.25, 0.3) is 0 Å². The first-order chi connectivity index (χ1) is 14.1. The van der Waals surface area contributed by atoms with Crippen LogP contribution in [-0.2, 0) is 16.0 Å². The molecule has 1 aliphatic rings. The zero-order chi connectivity index (χ0) is 20.5. The molecule has 1 unspecified atom stereocenters. The average Bonchev–Trinajstić information content (AvgIpc) is 2.71. The van der Waals surface area contributed by atoms with E-state index in [-0.39, 0.29) is 17.6 Å². The van der Waals surface area contributed by atoms with Crippen LogP contribution in [0.3, 0.4) is 0 Å². The minimum absolute atomic E-state index is 0.107. The lowest BCUT2D eigenvalue weighted by Crippen LogP contribution is -2.25. The van der Waals surface area contributed by atoms with Crippen molar-refractivity contribution in [3.8, 4) is 11.8 Å². The zero-order valence-corrected chi connectivity index (χ0v) is 17.2. The number of fused-ring (bicyclic) bond motifs is 2. The number of unbranched alkanes of at least 4 members (excludes halogenated alkanes) is 2. The second-order valence-electron chi connectivity index (χ2n) is 7.80. The van der Waals surface area contributed by atoms with Crippen LogP contribution in [0.15, 0.2) is 48.5 Å². The number of carbonyl (C=O) groups is 2. The van der Waals surface area contributed by atoms with Crippen LogP contribution in [0.2, 0.25) is 0 Å². The second kappa shape index (κ2) is 10.6. The average molecular weight is 388 g/mol. The Morgan fingerprint density at radius 1 is 0.931 bits per heavy atom. The molecule has 29 heavy (non-hydrogen) atoms. The fourth-order valence-electron chi connectivity index (χ4n) is 3.85. The second-order valence-corrected chi connectivity index (χ2v) is 7.80. The van der Waals surface area contributed by atoms with E-state index in [4.69, 9.17) is 0 Å². The summed E-state index contributed by atoms with van der Waals surface area (Å²) >= 11 is 0. The number of hydrogen-bond donors (Lipinski definition) is 1. The SMILES string of the molecule is CC(=O)CCCCCNC(=O)CCC1Cc2ccccc2C#Cc2ccccc21. The van der Waals surface area contributed by atoms with Crippen molar-refractivity contribution >= 4 is 11.7 Å². The highest BCUT2D eigenvalue weighted by Crippen LogP contribution is 2.30. The van der Waals surface area contributed by atoms with E-state index in [2.05, 4.69) is 53.6 Å². The first-order valence-electron chi connectivity index (χ1n) is 10.6. The largest absolute Gasteiger partial charge is 0.356 e. The number of nitrogens with one attached hydrogen (secondary N) is 1. The summed E-state index contributed by atoms with van der Waals surface area (Å²) in [5, 5.41) is 3.03. The van der Waals surface area contributed by atoms with Crippen molar-refractivity contribution < 1.29 is 9.59 Å². The molecule has 2 aromatic rings. The normalized spacial score (nSPS) is 14.4. The molecule has 3 rings (SSSR count). The van der Waals surface area contributed by atoms with Gasteiger partial charge >= 0.3 is 0 Å². The third kappa shape index (κ3) is 6.32. The van der Waals surface area contributed by atoms with Crippen LogP contribution >= 0.6 is 0 Å². The van der Waals surface area contributed by atoms with Gasteiger partial charge in [-0.05, 0) is 61.8 Å². The molecule has 0 radical (unpaired) electrons. The fraction of sp³-hybridized carbons (Fsp3) is 0.385. The Balaban J connectivity index is 1.57. The molecule has 1 aliphatic carbocycles. The van der Waals surface area contributed by atoms with E-state index in [0.29, 0.717) is 19.4 Å². The quantitative estimate of drug-likeness (QED) is 0.497. The molecule has 0 saturated heterocycles. The maximum atomic E-state index is 12.3. The molecular formula is C26H29NO2. The minimum Gasteiger partial charge on any atom is -0.356 e. The molecule has 1 atom stereocenters. The molecule has 0 aromatic heterocycles. The van der Waals surface area contributed by atoms with Crippen molar-refractivity contribution in [3.05, 3.63) is 70.8 Å². The van der Waals surface area contributed by atoms with Gasteiger partial charge in [0.05, 0.1) is 0 Å². The van der Waals surface area contributed by atoms with Gasteiger partial charge in [-0.2, -0.15) is 0 Å². The number of Topliss-reactive ketones (excluding diaryl/α,β-unsaturated/α-hetero) is 1. The van der Waals surface area contributed by atoms with E-state index in [0.717, 1.165) is 43.2 Å². The number of hydrogen-bond acceptors (Lipinski definition) is 2. The van der Waals surface area contributed by atoms with E-state index in [1.54, 1.807) is 6.92 Å². The van der Waals surface area contributed by atoms with Gasteiger partial charge in [0.1, 0.15) is 5.78 Å². The van der Waals surface area contributed by atoms with E-state index in [9.17, 15) is 9.59 Å². The Labute approximate surface area is 173 Å². The van der Waals surface area contributed by atoms with Crippen LogP contribution in [0.5, 0.6) is 0 Å². The fourth-order valence-corrected chi connectivity index (χ4v) is 3.85. The van der Waals surface area contributed by atoms with Crippen molar-refractivity contribution in [1.29, 1.82) is 0 Å². The van der Waals surface area contributed by atoms with Gasteiger partial charge in [-0.25, -0.2) is 0 Å². The monoisotopic (exact) mass is 387 g/mol. The molecular weight excluding hydrogens is 358 g/mol. The van der Waals surface area contributed by atoms with Crippen molar-refractivity contribution in [1.82, 2.24) is 5.32 Å². The van der Waals surface area contributed by atoms with Gasteiger partial charge in [0.15, 0.2) is 0 Å². The summed E-state index contributed by atoms with van der Waals surface area (Å²) in [6.07, 6.45) is 5.68. The first kappa shape index (κ1) is 20.9. The summed E-state index contributed by atoms with van der Waals surface area (Å²) in [5.41, 5.74) is 4.65. The van der Waals surface area contributed by atoms with Gasteiger partial charge in [-0.15, -0.1) is 0 Å². The van der Waals surface area contributed by atoms with Gasteiger partial charge in [0, 0.05) is 30.5 Å². The number of rotatable bonds is 9. The summed E-state index contributed by atoms with van der Waals surface area (Å²) < 4.78 is 0. The van der Waals surface area contributed by atoms with Gasteiger partial charge in [-0.1, -0.05) is 54.7 Å². The Kier molecular flexibility index (Phi) is 7.64. The van der Waals surface area contributed by atoms with E-state index in [1.165, 1.54) is 11.1 Å². The van der Waals surface area contributed by atoms with E-state index < -0.39 is 0 Å². The molecule has 3 nitrogen and oxygen atoms in total. The maximum absolute atomic E-state index is 12.3. The molecule has 150 valence electrons. The molecule has 2 aromatic carbocycles. The van der Waals surface area contributed by atoms with Gasteiger partial charge in [-0.3, -0.25) is 4.79 Å². The topological polar surface area (TPSA) is 46.2 Å². The summed E-state index contributed by atoms with van der Waals surface area (Å²) in [5.74, 6) is 7.26. The van der Waals surface area contributed by atoms with Crippen LogP contribution in [0, 0.1) is 11.8 Å². The van der Waals surface area contributed by atoms with Crippen LogP contribution in [-0.4, -0.2) is 18.2 Å². The summed E-state index contributed by atoms with van der Waals surface area (Å²) in [7, 11) is 0. The predicted molar refractivity (Wildman–Crippen MR) is 117 cm³/mol.